The molecule has 0 fully saturated rings. The van der Waals surface area contributed by atoms with E-state index in [4.69, 9.17) is 0 Å². The van der Waals surface area contributed by atoms with E-state index >= 15 is 0 Å². The maximum atomic E-state index is 3.88. The van der Waals surface area contributed by atoms with Gasteiger partial charge in [0, 0.05) is 0 Å². The minimum absolute atomic E-state index is 0.497. The van der Waals surface area contributed by atoms with E-state index in [9.17, 15) is 0 Å². The van der Waals surface area contributed by atoms with E-state index < -0.39 is 0 Å². The molecular weight excluding hydrogens is 146 g/mol. The van der Waals surface area contributed by atoms with Crippen molar-refractivity contribution in [2.75, 3.05) is 0 Å². The summed E-state index contributed by atoms with van der Waals surface area (Å²) in [5.74, 6) is 0.593. The molecule has 2 rings (SSSR count). The predicted octanol–water partition coefficient (Wildman–Crippen LogP) is -1.16. The Labute approximate surface area is 61.5 Å². The van der Waals surface area contributed by atoms with Gasteiger partial charge in [-0.3, -0.25) is 0 Å². The molecule has 0 aromatic carbocycles. The lowest BCUT2D eigenvalue weighted by Gasteiger charge is -1.90. The van der Waals surface area contributed by atoms with Crippen LogP contribution < -0.4 is 0 Å². The summed E-state index contributed by atoms with van der Waals surface area (Å²) in [5.41, 5.74) is 0. The van der Waals surface area contributed by atoms with Crippen LogP contribution in [0.15, 0.2) is 12.7 Å². The molecule has 2 aromatic heterocycles. The van der Waals surface area contributed by atoms with Gasteiger partial charge in [0.05, 0.1) is 0 Å². The Morgan fingerprint density at radius 3 is 3.18 bits per heavy atom. The van der Waals surface area contributed by atoms with Crippen LogP contribution in [0, 0.1) is 0 Å². The van der Waals surface area contributed by atoms with Crippen molar-refractivity contribution in [1.82, 2.24) is 35.4 Å². The van der Waals surface area contributed by atoms with Crippen LogP contribution in [0.2, 0.25) is 0 Å². The highest BCUT2D eigenvalue weighted by Crippen LogP contribution is 1.87. The Morgan fingerprint density at radius 1 is 1.55 bits per heavy atom. The van der Waals surface area contributed by atoms with Gasteiger partial charge in [-0.25, -0.2) is 9.67 Å². The zero-order valence-electron chi connectivity index (χ0n) is 5.55. The summed E-state index contributed by atoms with van der Waals surface area (Å²) in [7, 11) is 0. The average Bonchev–Trinajstić information content (AvgIpc) is 2.60. The molecule has 2 heterocycles. The Hall–Kier alpha value is -1.79. The summed E-state index contributed by atoms with van der Waals surface area (Å²) in [6, 6.07) is 0. The molecule has 0 amide bonds. The van der Waals surface area contributed by atoms with E-state index in [1.165, 1.54) is 6.33 Å². The molecule has 11 heavy (non-hydrogen) atoms. The van der Waals surface area contributed by atoms with E-state index in [1.54, 1.807) is 11.0 Å². The fourth-order valence-electron chi connectivity index (χ4n) is 0.709. The lowest BCUT2D eigenvalue weighted by Crippen LogP contribution is -2.01. The van der Waals surface area contributed by atoms with Gasteiger partial charge < -0.3 is 0 Å². The van der Waals surface area contributed by atoms with Crippen molar-refractivity contribution in [3.8, 4) is 0 Å². The Bertz CT molecular complexity index is 263. The molecule has 0 spiro atoms. The Kier molecular flexibility index (Phi) is 1.32. The quantitative estimate of drug-likeness (QED) is 0.585. The van der Waals surface area contributed by atoms with Crippen molar-refractivity contribution < 1.29 is 0 Å². The van der Waals surface area contributed by atoms with E-state index in [2.05, 4.69) is 30.7 Å². The Morgan fingerprint density at radius 2 is 2.55 bits per heavy atom. The van der Waals surface area contributed by atoms with Gasteiger partial charge in [0.15, 0.2) is 5.82 Å². The molecule has 2 aromatic rings. The van der Waals surface area contributed by atoms with Gasteiger partial charge in [-0.15, -0.1) is 10.2 Å². The summed E-state index contributed by atoms with van der Waals surface area (Å²) in [4.78, 5) is 3.77. The van der Waals surface area contributed by atoms with E-state index in [0.717, 1.165) is 0 Å². The molecule has 0 saturated carbocycles. The van der Waals surface area contributed by atoms with Gasteiger partial charge in [0.25, 0.3) is 0 Å². The third-order valence-electron chi connectivity index (χ3n) is 1.16. The molecule has 7 nitrogen and oxygen atoms in total. The molecule has 1 N–H and O–H groups in total. The summed E-state index contributed by atoms with van der Waals surface area (Å²) in [6.45, 7) is 0.497. The van der Waals surface area contributed by atoms with Crippen LogP contribution in [-0.4, -0.2) is 35.4 Å². The fraction of sp³-hybridized carbons (Fsp3) is 0.250. The minimum atomic E-state index is 0.497. The van der Waals surface area contributed by atoms with Crippen molar-refractivity contribution in [2.45, 2.75) is 6.54 Å². The van der Waals surface area contributed by atoms with Gasteiger partial charge in [-0.05, 0) is 0 Å². The minimum Gasteiger partial charge on any atom is -0.245 e. The highest BCUT2D eigenvalue weighted by atomic mass is 15.5. The molecule has 0 aliphatic rings. The van der Waals surface area contributed by atoms with E-state index in [1.807, 2.05) is 0 Å². The van der Waals surface area contributed by atoms with Crippen molar-refractivity contribution in [2.24, 2.45) is 0 Å². The average molecular weight is 151 g/mol. The number of rotatable bonds is 2. The molecule has 0 aliphatic carbocycles. The summed E-state index contributed by atoms with van der Waals surface area (Å²) >= 11 is 0. The number of aromatic nitrogens is 7. The molecule has 7 heteroatoms. The van der Waals surface area contributed by atoms with Gasteiger partial charge >= 0.3 is 0 Å². The predicted molar refractivity (Wildman–Crippen MR) is 33.3 cm³/mol. The Balaban J connectivity index is 2.14. The van der Waals surface area contributed by atoms with E-state index in [0.29, 0.717) is 12.4 Å². The fourth-order valence-corrected chi connectivity index (χ4v) is 0.709. The molecule has 0 unspecified atom stereocenters. The first-order valence-corrected chi connectivity index (χ1v) is 3.00. The SMILES string of the molecule is c1ncn(Cc2nn[nH]n2)n1. The van der Waals surface area contributed by atoms with E-state index in [-0.39, 0.29) is 0 Å². The maximum Gasteiger partial charge on any atom is 0.195 e. The molecule has 0 atom stereocenters. The smallest absolute Gasteiger partial charge is 0.195 e. The van der Waals surface area contributed by atoms with Crippen LogP contribution in [0.3, 0.4) is 0 Å². The van der Waals surface area contributed by atoms with Crippen LogP contribution in [-0.2, 0) is 6.54 Å². The summed E-state index contributed by atoms with van der Waals surface area (Å²) in [5, 5.41) is 17.1. The highest BCUT2D eigenvalue weighted by Gasteiger charge is 1.98. The van der Waals surface area contributed by atoms with Crippen molar-refractivity contribution >= 4 is 0 Å². The standard InChI is InChI=1S/C4H5N7/c1(4-7-9-10-8-4)11-3-5-2-6-11/h2-3H,1H2,(H,7,8,9,10). The second kappa shape index (κ2) is 2.45. The van der Waals surface area contributed by atoms with Crippen LogP contribution >= 0.6 is 0 Å². The number of tetrazole rings is 1. The van der Waals surface area contributed by atoms with Crippen molar-refractivity contribution in [1.29, 1.82) is 0 Å². The molecule has 0 bridgehead atoms. The normalized spacial score (nSPS) is 10.2. The van der Waals surface area contributed by atoms with Gasteiger partial charge in [-0.1, -0.05) is 5.21 Å². The first-order chi connectivity index (χ1) is 5.45. The molecular formula is C4H5N7. The highest BCUT2D eigenvalue weighted by molar-refractivity contribution is 4.76. The monoisotopic (exact) mass is 151 g/mol. The lowest BCUT2D eigenvalue weighted by molar-refractivity contribution is 0.654. The second-order valence-corrected chi connectivity index (χ2v) is 1.92. The first-order valence-electron chi connectivity index (χ1n) is 3.00. The summed E-state index contributed by atoms with van der Waals surface area (Å²) < 4.78 is 1.62. The zero-order valence-corrected chi connectivity index (χ0v) is 5.55. The largest absolute Gasteiger partial charge is 0.245 e. The molecule has 0 saturated heterocycles. The molecule has 0 radical (unpaired) electrons. The number of nitrogens with one attached hydrogen (secondary N) is 1. The number of hydrogen-bond acceptors (Lipinski definition) is 5. The van der Waals surface area contributed by atoms with Gasteiger partial charge in [0.2, 0.25) is 0 Å². The zero-order chi connectivity index (χ0) is 7.52. The van der Waals surface area contributed by atoms with Crippen LogP contribution in [0.5, 0.6) is 0 Å². The molecule has 0 aliphatic heterocycles. The van der Waals surface area contributed by atoms with Crippen LogP contribution in [0.1, 0.15) is 5.82 Å². The van der Waals surface area contributed by atoms with Crippen molar-refractivity contribution in [3.05, 3.63) is 18.5 Å². The number of H-pyrrole nitrogens is 1. The third-order valence-corrected chi connectivity index (χ3v) is 1.16. The molecule has 56 valence electrons. The van der Waals surface area contributed by atoms with Crippen LogP contribution in [0.4, 0.5) is 0 Å². The number of hydrogen-bond donors (Lipinski definition) is 1. The lowest BCUT2D eigenvalue weighted by atomic mass is 10.6. The number of aromatic amines is 1. The topological polar surface area (TPSA) is 85.2 Å². The first kappa shape index (κ1) is 5.96. The third kappa shape index (κ3) is 1.20. The summed E-state index contributed by atoms with van der Waals surface area (Å²) in [6.07, 6.45) is 3.05. The van der Waals surface area contributed by atoms with Gasteiger partial charge in [-0.2, -0.15) is 10.3 Å². The van der Waals surface area contributed by atoms with Gasteiger partial charge in [0.1, 0.15) is 19.2 Å². The van der Waals surface area contributed by atoms with Crippen molar-refractivity contribution in [3.63, 3.8) is 0 Å². The van der Waals surface area contributed by atoms with Crippen LogP contribution in [0.25, 0.3) is 0 Å². The maximum absolute atomic E-state index is 3.88. The second-order valence-electron chi connectivity index (χ2n) is 1.92. The number of nitrogens with zero attached hydrogens (tertiary/aromatic N) is 6.